The van der Waals surface area contributed by atoms with E-state index in [1.165, 1.54) is 0 Å². The maximum absolute atomic E-state index is 12.5. The van der Waals surface area contributed by atoms with Crippen molar-refractivity contribution >= 4 is 22.8 Å². The maximum Gasteiger partial charge on any atom is 0.230 e. The number of H-pyrrole nitrogens is 1. The number of carbonyl (C=O) groups excluding carboxylic acids is 1. The number of benzene rings is 1. The highest BCUT2D eigenvalue weighted by Gasteiger charge is 2.20. The minimum absolute atomic E-state index is 0.149. The second-order valence-electron chi connectivity index (χ2n) is 9.34. The van der Waals surface area contributed by atoms with Gasteiger partial charge in [-0.1, -0.05) is 50.2 Å². The van der Waals surface area contributed by atoms with E-state index in [0.29, 0.717) is 5.82 Å². The Morgan fingerprint density at radius 1 is 1.09 bits per heavy atom. The van der Waals surface area contributed by atoms with Gasteiger partial charge in [0.2, 0.25) is 5.91 Å². The summed E-state index contributed by atoms with van der Waals surface area (Å²) in [5, 5.41) is 19.3. The summed E-state index contributed by atoms with van der Waals surface area (Å²) < 4.78 is 7.07. The Kier molecular flexibility index (Phi) is 5.24. The summed E-state index contributed by atoms with van der Waals surface area (Å²) in [5.74, 6) is 1.00. The molecule has 1 amide bonds. The third-order valence-corrected chi connectivity index (χ3v) is 5.56. The Balaban J connectivity index is 1.31. The Morgan fingerprint density at radius 3 is 2.56 bits per heavy atom. The summed E-state index contributed by atoms with van der Waals surface area (Å²) in [4.78, 5) is 17.0. The van der Waals surface area contributed by atoms with Gasteiger partial charge in [0.1, 0.15) is 11.5 Å². The number of nitrogens with one attached hydrogen (secondary N) is 2. The fourth-order valence-electron chi connectivity index (χ4n) is 3.70. The van der Waals surface area contributed by atoms with Crippen LogP contribution in [0.15, 0.2) is 59.5 Å². The fourth-order valence-corrected chi connectivity index (χ4v) is 3.70. The summed E-state index contributed by atoms with van der Waals surface area (Å²) in [7, 11) is 1.87. The number of aryl methyl sites for hydroxylation is 1. The predicted molar refractivity (Wildman–Crippen MR) is 129 cm³/mol. The van der Waals surface area contributed by atoms with Gasteiger partial charge in [-0.2, -0.15) is 10.2 Å². The van der Waals surface area contributed by atoms with Crippen LogP contribution in [0.2, 0.25) is 0 Å². The van der Waals surface area contributed by atoms with Crippen molar-refractivity contribution in [2.24, 2.45) is 7.05 Å². The van der Waals surface area contributed by atoms with Crippen molar-refractivity contribution < 1.29 is 9.32 Å². The van der Waals surface area contributed by atoms with E-state index in [0.717, 1.165) is 44.7 Å². The van der Waals surface area contributed by atoms with Gasteiger partial charge >= 0.3 is 0 Å². The van der Waals surface area contributed by atoms with E-state index in [-0.39, 0.29) is 17.7 Å². The molecule has 0 spiro atoms. The van der Waals surface area contributed by atoms with Crippen molar-refractivity contribution in [2.45, 2.75) is 32.6 Å². The molecular formula is C25H25N7O2. The first-order chi connectivity index (χ1) is 16.3. The molecule has 172 valence electrons. The van der Waals surface area contributed by atoms with Gasteiger partial charge in [-0.05, 0) is 17.2 Å². The van der Waals surface area contributed by atoms with E-state index in [1.54, 1.807) is 16.9 Å². The average Bonchev–Trinajstić information content (AvgIpc) is 3.53. The van der Waals surface area contributed by atoms with Crippen molar-refractivity contribution in [1.29, 1.82) is 0 Å². The van der Waals surface area contributed by atoms with Crippen LogP contribution in [0.1, 0.15) is 32.1 Å². The standard InChI is InChI=1S/C25H25N7O2/c1-25(2,3)20-11-21(31-34-20)28-22(33)9-15-5-7-16(8-6-15)17-10-19-23(18-13-27-32(4)14-18)29-30-24(19)26-12-17/h5-8,10-14H,9H2,1-4H3,(H,26,29,30)(H,28,31,33). The van der Waals surface area contributed by atoms with Crippen LogP contribution in [0.25, 0.3) is 33.4 Å². The fraction of sp³-hybridized carbons (Fsp3) is 0.240. The van der Waals surface area contributed by atoms with Gasteiger partial charge in [-0.25, -0.2) is 4.98 Å². The smallest absolute Gasteiger partial charge is 0.230 e. The zero-order valence-corrected chi connectivity index (χ0v) is 19.5. The number of nitrogens with zero attached hydrogens (tertiary/aromatic N) is 5. The number of carbonyl (C=O) groups is 1. The maximum atomic E-state index is 12.5. The first-order valence-electron chi connectivity index (χ1n) is 11.0. The van der Waals surface area contributed by atoms with Crippen LogP contribution in [-0.4, -0.2) is 36.0 Å². The van der Waals surface area contributed by atoms with E-state index in [9.17, 15) is 4.79 Å². The number of amides is 1. The predicted octanol–water partition coefficient (Wildman–Crippen LogP) is 4.49. The van der Waals surface area contributed by atoms with E-state index in [2.05, 4.69) is 36.8 Å². The third-order valence-electron chi connectivity index (χ3n) is 5.56. The van der Waals surface area contributed by atoms with E-state index in [4.69, 9.17) is 4.52 Å². The summed E-state index contributed by atoms with van der Waals surface area (Å²) in [5.41, 5.74) is 5.16. The van der Waals surface area contributed by atoms with Crippen LogP contribution in [0.5, 0.6) is 0 Å². The summed E-state index contributed by atoms with van der Waals surface area (Å²) >= 11 is 0. The Hall–Kier alpha value is -4.27. The minimum Gasteiger partial charge on any atom is -0.359 e. The number of aromatic nitrogens is 6. The monoisotopic (exact) mass is 455 g/mol. The number of hydrogen-bond donors (Lipinski definition) is 2. The zero-order valence-electron chi connectivity index (χ0n) is 19.5. The van der Waals surface area contributed by atoms with Gasteiger partial charge in [0.25, 0.3) is 0 Å². The van der Waals surface area contributed by atoms with Crippen molar-refractivity contribution in [2.75, 3.05) is 5.32 Å². The minimum atomic E-state index is -0.168. The molecule has 2 N–H and O–H groups in total. The molecule has 0 fully saturated rings. The molecule has 0 saturated heterocycles. The molecular weight excluding hydrogens is 430 g/mol. The second-order valence-corrected chi connectivity index (χ2v) is 9.34. The number of hydrogen-bond acceptors (Lipinski definition) is 6. The normalized spacial score (nSPS) is 11.8. The quantitative estimate of drug-likeness (QED) is 0.403. The van der Waals surface area contributed by atoms with Gasteiger partial charge in [-0.3, -0.25) is 14.6 Å². The molecule has 0 aliphatic carbocycles. The average molecular weight is 456 g/mol. The molecule has 1 aromatic carbocycles. The third kappa shape index (κ3) is 4.32. The van der Waals surface area contributed by atoms with Crippen LogP contribution in [-0.2, 0) is 23.7 Å². The first kappa shape index (κ1) is 21.6. The molecule has 4 aromatic heterocycles. The summed E-state index contributed by atoms with van der Waals surface area (Å²) in [6.07, 6.45) is 5.75. The zero-order chi connectivity index (χ0) is 23.9. The summed E-state index contributed by atoms with van der Waals surface area (Å²) in [6, 6.07) is 11.7. The highest BCUT2D eigenvalue weighted by Crippen LogP contribution is 2.29. The lowest BCUT2D eigenvalue weighted by atomic mass is 9.93. The molecule has 5 rings (SSSR count). The van der Waals surface area contributed by atoms with Gasteiger partial charge in [0, 0.05) is 47.4 Å². The van der Waals surface area contributed by atoms with Gasteiger partial charge in [0.15, 0.2) is 11.5 Å². The number of aromatic amines is 1. The first-order valence-corrected chi connectivity index (χ1v) is 11.0. The van der Waals surface area contributed by atoms with Crippen molar-refractivity contribution in [3.63, 3.8) is 0 Å². The Labute approximate surface area is 196 Å². The lowest BCUT2D eigenvalue weighted by Crippen LogP contribution is -2.14. The van der Waals surface area contributed by atoms with Crippen LogP contribution < -0.4 is 5.32 Å². The van der Waals surface area contributed by atoms with Crippen molar-refractivity contribution in [3.8, 4) is 22.4 Å². The molecule has 9 nitrogen and oxygen atoms in total. The SMILES string of the molecule is Cn1cc(-c2n[nH]c3ncc(-c4ccc(CC(=O)Nc5cc(C(C)(C)C)on5)cc4)cc23)cn1. The molecule has 0 saturated carbocycles. The lowest BCUT2D eigenvalue weighted by molar-refractivity contribution is -0.115. The molecule has 0 atom stereocenters. The van der Waals surface area contributed by atoms with E-state index in [1.807, 2.05) is 64.5 Å². The molecule has 0 bridgehead atoms. The number of rotatable bonds is 5. The van der Waals surface area contributed by atoms with Crippen molar-refractivity contribution in [3.05, 3.63) is 66.3 Å². The second kappa shape index (κ2) is 8.26. The highest BCUT2D eigenvalue weighted by molar-refractivity contribution is 5.93. The van der Waals surface area contributed by atoms with Crippen LogP contribution in [0, 0.1) is 0 Å². The molecule has 0 unspecified atom stereocenters. The van der Waals surface area contributed by atoms with Crippen LogP contribution in [0.3, 0.4) is 0 Å². The number of pyridine rings is 1. The lowest BCUT2D eigenvalue weighted by Gasteiger charge is -2.12. The van der Waals surface area contributed by atoms with Crippen LogP contribution in [0.4, 0.5) is 5.82 Å². The molecule has 0 aliphatic rings. The van der Waals surface area contributed by atoms with Gasteiger partial charge in [-0.15, -0.1) is 0 Å². The molecule has 0 aliphatic heterocycles. The van der Waals surface area contributed by atoms with E-state index >= 15 is 0 Å². The topological polar surface area (TPSA) is 115 Å². The molecule has 0 radical (unpaired) electrons. The molecule has 34 heavy (non-hydrogen) atoms. The molecule has 4 heterocycles. The largest absolute Gasteiger partial charge is 0.359 e. The number of fused-ring (bicyclic) bond motifs is 1. The molecule has 9 heteroatoms. The van der Waals surface area contributed by atoms with Crippen molar-refractivity contribution in [1.82, 2.24) is 30.1 Å². The van der Waals surface area contributed by atoms with E-state index < -0.39 is 0 Å². The highest BCUT2D eigenvalue weighted by atomic mass is 16.5. The number of anilines is 1. The van der Waals surface area contributed by atoms with Crippen LogP contribution >= 0.6 is 0 Å². The Morgan fingerprint density at radius 2 is 1.88 bits per heavy atom. The van der Waals surface area contributed by atoms with Gasteiger partial charge < -0.3 is 9.84 Å². The Bertz CT molecular complexity index is 1470. The van der Waals surface area contributed by atoms with Gasteiger partial charge in [0.05, 0.1) is 12.6 Å². The molecule has 5 aromatic rings. The summed E-state index contributed by atoms with van der Waals surface area (Å²) in [6.45, 7) is 6.08.